The van der Waals surface area contributed by atoms with Gasteiger partial charge in [-0.25, -0.2) is 18.5 Å². The first-order valence-electron chi connectivity index (χ1n) is 7.23. The zero-order valence-electron chi connectivity index (χ0n) is 12.5. The highest BCUT2D eigenvalue weighted by molar-refractivity contribution is 6.02. The van der Waals surface area contributed by atoms with Crippen LogP contribution in [0.5, 0.6) is 0 Å². The Balaban J connectivity index is 1.82. The Bertz CT molecular complexity index is 785. The van der Waals surface area contributed by atoms with Crippen molar-refractivity contribution in [2.75, 3.05) is 6.61 Å². The van der Waals surface area contributed by atoms with Crippen LogP contribution in [0.4, 0.5) is 13.6 Å². The number of cyclic esters (lactones) is 1. The molecule has 0 radical (unpaired) electrons. The summed E-state index contributed by atoms with van der Waals surface area (Å²) in [4.78, 5) is 25.2. The minimum Gasteiger partial charge on any atom is -0.446 e. The average molecular weight is 329 g/mol. The molecule has 3 rings (SSSR count). The smallest absolute Gasteiger partial charge is 0.417 e. The summed E-state index contributed by atoms with van der Waals surface area (Å²) in [6, 6.07) is 11.4. The van der Waals surface area contributed by atoms with E-state index in [0.717, 1.165) is 34.7 Å². The Morgan fingerprint density at radius 1 is 1.12 bits per heavy atom. The molecule has 0 aliphatic carbocycles. The second-order valence-corrected chi connectivity index (χ2v) is 5.25. The quantitative estimate of drug-likeness (QED) is 0.807. The van der Waals surface area contributed by atoms with Gasteiger partial charge in [-0.2, -0.15) is 0 Å². The number of halogens is 2. The first-order chi connectivity index (χ1) is 11.5. The van der Waals surface area contributed by atoms with Gasteiger partial charge >= 0.3 is 6.09 Å². The molecule has 1 aliphatic rings. The molecule has 0 spiro atoms. The lowest BCUT2D eigenvalue weighted by Gasteiger charge is -2.18. The van der Waals surface area contributed by atoms with Crippen LogP contribution in [0, 0.1) is 11.6 Å². The van der Waals surface area contributed by atoms with Gasteiger partial charge in [0.15, 0.2) is 0 Å². The first-order valence-corrected chi connectivity index (χ1v) is 7.23. The third kappa shape index (κ3) is 3.32. The lowest BCUT2D eigenvalue weighted by atomic mass is 10.1. The Morgan fingerprint density at radius 2 is 1.79 bits per heavy atom. The molecule has 1 unspecified atom stereocenters. The minimum absolute atomic E-state index is 0.0665. The molecule has 1 heterocycles. The Kier molecular flexibility index (Phi) is 4.37. The number of hydrogen-bond acceptors (Lipinski definition) is 3. The number of amides is 2. The van der Waals surface area contributed by atoms with Crippen molar-refractivity contribution in [2.45, 2.75) is 6.04 Å². The molecule has 1 aliphatic heterocycles. The third-order valence-corrected chi connectivity index (χ3v) is 3.60. The molecular weight excluding hydrogens is 316 g/mol. The van der Waals surface area contributed by atoms with E-state index in [1.807, 2.05) is 6.07 Å². The van der Waals surface area contributed by atoms with Gasteiger partial charge in [0.05, 0.1) is 0 Å². The third-order valence-electron chi connectivity index (χ3n) is 3.60. The van der Waals surface area contributed by atoms with Gasteiger partial charge in [-0.3, -0.25) is 4.79 Å². The summed E-state index contributed by atoms with van der Waals surface area (Å²) in [5, 5.41) is 0. The normalized spacial score (nSPS) is 17.3. The maximum atomic E-state index is 13.2. The van der Waals surface area contributed by atoms with Crippen molar-refractivity contribution in [3.63, 3.8) is 0 Å². The Hall–Kier alpha value is -3.02. The Morgan fingerprint density at radius 3 is 2.46 bits per heavy atom. The van der Waals surface area contributed by atoms with Gasteiger partial charge in [0.1, 0.15) is 24.3 Å². The maximum absolute atomic E-state index is 13.2. The number of ether oxygens (including phenoxy) is 1. The number of carbonyl (C=O) groups excluding carboxylic acids is 2. The number of hydrogen-bond donors (Lipinski definition) is 0. The summed E-state index contributed by atoms with van der Waals surface area (Å²) < 4.78 is 31.3. The van der Waals surface area contributed by atoms with Gasteiger partial charge in [0, 0.05) is 12.1 Å². The molecular formula is C18H13F2NO3. The van der Waals surface area contributed by atoms with E-state index in [0.29, 0.717) is 0 Å². The van der Waals surface area contributed by atoms with Crippen molar-refractivity contribution in [1.82, 2.24) is 4.90 Å². The van der Waals surface area contributed by atoms with E-state index in [1.54, 1.807) is 24.3 Å². The highest BCUT2D eigenvalue weighted by atomic mass is 19.1. The van der Waals surface area contributed by atoms with Crippen LogP contribution in [0.3, 0.4) is 0 Å². The lowest BCUT2D eigenvalue weighted by Crippen LogP contribution is -2.32. The molecule has 0 N–H and O–H groups in total. The number of benzene rings is 2. The lowest BCUT2D eigenvalue weighted by molar-refractivity contribution is -0.124. The first kappa shape index (κ1) is 15.9. The molecule has 1 atom stereocenters. The number of rotatable bonds is 3. The monoisotopic (exact) mass is 329 g/mol. The number of nitrogens with zero attached hydrogens (tertiary/aromatic N) is 1. The van der Waals surface area contributed by atoms with Crippen molar-refractivity contribution >= 4 is 18.1 Å². The van der Waals surface area contributed by atoms with Gasteiger partial charge < -0.3 is 4.74 Å². The van der Waals surface area contributed by atoms with Crippen molar-refractivity contribution in [3.05, 3.63) is 77.4 Å². The van der Waals surface area contributed by atoms with E-state index in [1.165, 1.54) is 6.08 Å². The highest BCUT2D eigenvalue weighted by Gasteiger charge is 2.37. The van der Waals surface area contributed by atoms with Crippen LogP contribution in [0.2, 0.25) is 0 Å². The fourth-order valence-corrected chi connectivity index (χ4v) is 2.50. The largest absolute Gasteiger partial charge is 0.446 e. The minimum atomic E-state index is -0.746. The van der Waals surface area contributed by atoms with Crippen LogP contribution in [0.15, 0.2) is 54.6 Å². The summed E-state index contributed by atoms with van der Waals surface area (Å²) in [5.74, 6) is -2.11. The fourth-order valence-electron chi connectivity index (χ4n) is 2.50. The van der Waals surface area contributed by atoms with Crippen molar-refractivity contribution < 1.29 is 23.1 Å². The van der Waals surface area contributed by atoms with E-state index < -0.39 is 29.7 Å². The Labute approximate surface area is 137 Å². The predicted molar refractivity (Wildman–Crippen MR) is 82.8 cm³/mol. The number of imide groups is 1. The highest BCUT2D eigenvalue weighted by Crippen LogP contribution is 2.28. The van der Waals surface area contributed by atoms with Crippen molar-refractivity contribution in [2.24, 2.45) is 0 Å². The second-order valence-electron chi connectivity index (χ2n) is 5.25. The van der Waals surface area contributed by atoms with Crippen LogP contribution in [-0.2, 0) is 9.53 Å². The summed E-state index contributed by atoms with van der Waals surface area (Å²) in [5.41, 5.74) is 0.951. The van der Waals surface area contributed by atoms with E-state index in [9.17, 15) is 18.4 Å². The maximum Gasteiger partial charge on any atom is 0.417 e. The zero-order chi connectivity index (χ0) is 17.1. The standard InChI is InChI=1S/C18H13F2NO3/c19-14-8-12(9-15(20)10-14)6-7-17(22)21-16(11-24-18(21)23)13-4-2-1-3-5-13/h1-10,16H,11H2/b7-6+. The molecule has 2 amide bonds. The van der Waals surface area contributed by atoms with E-state index in [2.05, 4.69) is 0 Å². The SMILES string of the molecule is O=C(/C=C/c1cc(F)cc(F)c1)N1C(=O)OCC1c1ccccc1. The van der Waals surface area contributed by atoms with Gasteiger partial charge in [-0.1, -0.05) is 30.3 Å². The molecule has 0 bridgehead atoms. The van der Waals surface area contributed by atoms with Crippen molar-refractivity contribution in [1.29, 1.82) is 0 Å². The molecule has 122 valence electrons. The molecule has 1 saturated heterocycles. The molecule has 0 aromatic heterocycles. The van der Waals surface area contributed by atoms with Gasteiger partial charge in [0.2, 0.25) is 0 Å². The van der Waals surface area contributed by atoms with Gasteiger partial charge in [-0.15, -0.1) is 0 Å². The van der Waals surface area contributed by atoms with Crippen LogP contribution in [-0.4, -0.2) is 23.5 Å². The van der Waals surface area contributed by atoms with Crippen LogP contribution in [0.25, 0.3) is 6.08 Å². The summed E-state index contributed by atoms with van der Waals surface area (Å²) in [6.45, 7) is 0.0665. The zero-order valence-corrected chi connectivity index (χ0v) is 12.5. The second kappa shape index (κ2) is 6.62. The van der Waals surface area contributed by atoms with E-state index >= 15 is 0 Å². The fraction of sp³-hybridized carbons (Fsp3) is 0.111. The van der Waals surface area contributed by atoms with Crippen LogP contribution < -0.4 is 0 Å². The molecule has 24 heavy (non-hydrogen) atoms. The number of carbonyl (C=O) groups is 2. The van der Waals surface area contributed by atoms with E-state index in [4.69, 9.17) is 4.74 Å². The molecule has 4 nitrogen and oxygen atoms in total. The van der Waals surface area contributed by atoms with Gasteiger partial charge in [0.25, 0.3) is 5.91 Å². The summed E-state index contributed by atoms with van der Waals surface area (Å²) in [6.07, 6.45) is 1.60. The summed E-state index contributed by atoms with van der Waals surface area (Å²) >= 11 is 0. The molecule has 6 heteroatoms. The van der Waals surface area contributed by atoms with Crippen LogP contribution >= 0.6 is 0 Å². The van der Waals surface area contributed by atoms with Crippen LogP contribution in [0.1, 0.15) is 17.2 Å². The summed E-state index contributed by atoms with van der Waals surface area (Å²) in [7, 11) is 0. The topological polar surface area (TPSA) is 46.6 Å². The predicted octanol–water partition coefficient (Wildman–Crippen LogP) is 3.70. The molecule has 1 fully saturated rings. The molecule has 2 aromatic rings. The average Bonchev–Trinajstić information content (AvgIpc) is 2.94. The molecule has 0 saturated carbocycles. The molecule has 2 aromatic carbocycles. The van der Waals surface area contributed by atoms with Crippen molar-refractivity contribution in [3.8, 4) is 0 Å². The van der Waals surface area contributed by atoms with Gasteiger partial charge in [-0.05, 0) is 29.3 Å². The van der Waals surface area contributed by atoms with E-state index in [-0.39, 0.29) is 12.2 Å².